The van der Waals surface area contributed by atoms with Gasteiger partial charge in [-0.1, -0.05) is 59.3 Å². The number of benzene rings is 3. The fourth-order valence-corrected chi connectivity index (χ4v) is 3.32. The number of anilines is 2. The van der Waals surface area contributed by atoms with E-state index in [2.05, 4.69) is 20.8 Å². The number of hydrogen-bond donors (Lipinski definition) is 2. The Hall–Kier alpha value is -4.26. The zero-order valence-corrected chi connectivity index (χ0v) is 18.5. The van der Waals surface area contributed by atoms with Crippen molar-refractivity contribution in [3.05, 3.63) is 95.4 Å². The summed E-state index contributed by atoms with van der Waals surface area (Å²) in [4.78, 5) is 29.7. The second-order valence-electron chi connectivity index (χ2n) is 7.80. The molecule has 0 spiro atoms. The first kappa shape index (κ1) is 22.0. The minimum absolute atomic E-state index is 0.142. The molecule has 0 radical (unpaired) electrons. The van der Waals surface area contributed by atoms with Crippen molar-refractivity contribution in [2.45, 2.75) is 26.7 Å². The number of carbonyl (C=O) groups is 2. The molecule has 0 fully saturated rings. The highest BCUT2D eigenvalue weighted by Crippen LogP contribution is 2.20. The topological polar surface area (TPSA) is 97.1 Å². The van der Waals surface area contributed by atoms with E-state index < -0.39 is 0 Å². The first-order valence-electron chi connectivity index (χ1n) is 10.6. The fraction of sp³-hybridized carbons (Fsp3) is 0.154. The standard InChI is InChI=1S/C26H24N4O3/c1-17-10-12-19(13-11-17)25-29-24(33-30-25)15-14-23(31)28-22-9-4-3-8-21(22)26(32)27-20-7-5-6-18(2)16-20/h3-13,16H,14-15H2,1-2H3,(H,27,32)(H,28,31). The Morgan fingerprint density at radius 2 is 1.67 bits per heavy atom. The van der Waals surface area contributed by atoms with E-state index >= 15 is 0 Å². The van der Waals surface area contributed by atoms with Crippen LogP contribution in [0.25, 0.3) is 11.4 Å². The lowest BCUT2D eigenvalue weighted by molar-refractivity contribution is -0.116. The van der Waals surface area contributed by atoms with E-state index in [1.54, 1.807) is 24.3 Å². The Labute approximate surface area is 191 Å². The first-order chi connectivity index (χ1) is 16.0. The van der Waals surface area contributed by atoms with Crippen LogP contribution in [0.2, 0.25) is 0 Å². The van der Waals surface area contributed by atoms with Gasteiger partial charge in [-0.25, -0.2) is 0 Å². The maximum absolute atomic E-state index is 12.8. The number of carbonyl (C=O) groups excluding carboxylic acids is 2. The molecule has 0 bridgehead atoms. The number of nitrogens with zero attached hydrogens (tertiary/aromatic N) is 2. The molecule has 0 aliphatic heterocycles. The van der Waals surface area contributed by atoms with Gasteiger partial charge in [0.2, 0.25) is 17.6 Å². The van der Waals surface area contributed by atoms with Gasteiger partial charge in [-0.05, 0) is 43.7 Å². The van der Waals surface area contributed by atoms with E-state index in [1.165, 1.54) is 0 Å². The molecule has 7 nitrogen and oxygen atoms in total. The summed E-state index contributed by atoms with van der Waals surface area (Å²) in [6, 6.07) is 22.2. The average molecular weight is 441 g/mol. The molecule has 4 rings (SSSR count). The van der Waals surface area contributed by atoms with Crippen LogP contribution in [0, 0.1) is 13.8 Å². The molecule has 4 aromatic rings. The van der Waals surface area contributed by atoms with Crippen molar-refractivity contribution in [3.8, 4) is 11.4 Å². The third-order valence-electron chi connectivity index (χ3n) is 5.07. The zero-order chi connectivity index (χ0) is 23.2. The highest BCUT2D eigenvalue weighted by molar-refractivity contribution is 6.10. The lowest BCUT2D eigenvalue weighted by Crippen LogP contribution is -2.18. The summed E-state index contributed by atoms with van der Waals surface area (Å²) in [5.74, 6) is 0.326. The molecule has 2 amide bonds. The molecule has 0 saturated carbocycles. The molecule has 3 aromatic carbocycles. The van der Waals surface area contributed by atoms with E-state index in [9.17, 15) is 9.59 Å². The molecule has 0 saturated heterocycles. The number of para-hydroxylation sites is 1. The van der Waals surface area contributed by atoms with Gasteiger partial charge in [0.05, 0.1) is 11.3 Å². The third-order valence-corrected chi connectivity index (χ3v) is 5.07. The lowest BCUT2D eigenvalue weighted by Gasteiger charge is -2.11. The molecule has 0 aliphatic carbocycles. The summed E-state index contributed by atoms with van der Waals surface area (Å²) < 4.78 is 5.28. The summed E-state index contributed by atoms with van der Waals surface area (Å²) in [5.41, 5.74) is 4.56. The van der Waals surface area contributed by atoms with Crippen LogP contribution in [0.15, 0.2) is 77.3 Å². The SMILES string of the molecule is Cc1ccc(-c2noc(CCC(=O)Nc3ccccc3C(=O)Nc3cccc(C)c3)n2)cc1. The second-order valence-corrected chi connectivity index (χ2v) is 7.80. The van der Waals surface area contributed by atoms with Crippen LogP contribution >= 0.6 is 0 Å². The summed E-state index contributed by atoms with van der Waals surface area (Å²) in [5, 5.41) is 9.67. The second kappa shape index (κ2) is 9.91. The molecule has 2 N–H and O–H groups in total. The average Bonchev–Trinajstić information content (AvgIpc) is 3.28. The predicted octanol–water partition coefficient (Wildman–Crippen LogP) is 5.18. The van der Waals surface area contributed by atoms with E-state index in [0.29, 0.717) is 35.1 Å². The number of hydrogen-bond acceptors (Lipinski definition) is 5. The van der Waals surface area contributed by atoms with Crippen LogP contribution in [0.4, 0.5) is 11.4 Å². The van der Waals surface area contributed by atoms with Crippen LogP contribution in [-0.4, -0.2) is 22.0 Å². The summed E-state index contributed by atoms with van der Waals surface area (Å²) in [7, 11) is 0. The monoisotopic (exact) mass is 440 g/mol. The van der Waals surface area contributed by atoms with Crippen molar-refractivity contribution < 1.29 is 14.1 Å². The van der Waals surface area contributed by atoms with Gasteiger partial charge in [0.15, 0.2) is 0 Å². The molecular weight excluding hydrogens is 416 g/mol. The maximum atomic E-state index is 12.8. The van der Waals surface area contributed by atoms with Crippen molar-refractivity contribution in [3.63, 3.8) is 0 Å². The summed E-state index contributed by atoms with van der Waals surface area (Å²) in [6.07, 6.45) is 0.436. The van der Waals surface area contributed by atoms with Crippen LogP contribution in [0.3, 0.4) is 0 Å². The van der Waals surface area contributed by atoms with Gasteiger partial charge in [-0.3, -0.25) is 9.59 Å². The van der Waals surface area contributed by atoms with Gasteiger partial charge in [0, 0.05) is 24.1 Å². The number of aryl methyl sites for hydroxylation is 3. The first-order valence-corrected chi connectivity index (χ1v) is 10.6. The highest BCUT2D eigenvalue weighted by Gasteiger charge is 2.15. The largest absolute Gasteiger partial charge is 0.339 e. The quantitative estimate of drug-likeness (QED) is 0.413. The van der Waals surface area contributed by atoms with E-state index in [4.69, 9.17) is 4.52 Å². The number of nitrogens with one attached hydrogen (secondary N) is 2. The molecular formula is C26H24N4O3. The van der Waals surface area contributed by atoms with Gasteiger partial charge in [-0.15, -0.1) is 0 Å². The Morgan fingerprint density at radius 1 is 0.879 bits per heavy atom. The van der Waals surface area contributed by atoms with Gasteiger partial charge in [0.1, 0.15) is 0 Å². The van der Waals surface area contributed by atoms with Gasteiger partial charge >= 0.3 is 0 Å². The van der Waals surface area contributed by atoms with Gasteiger partial charge in [0.25, 0.3) is 5.91 Å². The van der Waals surface area contributed by atoms with Crippen LogP contribution in [0.1, 0.15) is 33.8 Å². The third kappa shape index (κ3) is 5.71. The molecule has 166 valence electrons. The Bertz CT molecular complexity index is 1280. The van der Waals surface area contributed by atoms with Gasteiger partial charge < -0.3 is 15.2 Å². The molecule has 0 aliphatic rings. The molecule has 33 heavy (non-hydrogen) atoms. The normalized spacial score (nSPS) is 10.6. The minimum atomic E-state index is -0.295. The van der Waals surface area contributed by atoms with Crippen molar-refractivity contribution in [2.75, 3.05) is 10.6 Å². The van der Waals surface area contributed by atoms with Crippen LogP contribution in [-0.2, 0) is 11.2 Å². The summed E-state index contributed by atoms with van der Waals surface area (Å²) in [6.45, 7) is 3.96. The molecule has 1 heterocycles. The lowest BCUT2D eigenvalue weighted by atomic mass is 10.1. The minimum Gasteiger partial charge on any atom is -0.339 e. The van der Waals surface area contributed by atoms with Crippen LogP contribution in [0.5, 0.6) is 0 Å². The van der Waals surface area contributed by atoms with E-state index in [-0.39, 0.29) is 18.2 Å². The predicted molar refractivity (Wildman–Crippen MR) is 127 cm³/mol. The summed E-state index contributed by atoms with van der Waals surface area (Å²) >= 11 is 0. The van der Waals surface area contributed by atoms with Gasteiger partial charge in [-0.2, -0.15) is 4.98 Å². The smallest absolute Gasteiger partial charge is 0.257 e. The van der Waals surface area contributed by atoms with Crippen molar-refractivity contribution in [1.29, 1.82) is 0 Å². The number of rotatable bonds is 7. The van der Waals surface area contributed by atoms with Crippen molar-refractivity contribution >= 4 is 23.2 Å². The highest BCUT2D eigenvalue weighted by atomic mass is 16.5. The Kier molecular flexibility index (Phi) is 6.59. The van der Waals surface area contributed by atoms with E-state index in [1.807, 2.05) is 62.4 Å². The molecule has 7 heteroatoms. The number of amides is 2. The van der Waals surface area contributed by atoms with Crippen molar-refractivity contribution in [2.24, 2.45) is 0 Å². The zero-order valence-electron chi connectivity index (χ0n) is 18.5. The van der Waals surface area contributed by atoms with E-state index in [0.717, 1.165) is 16.7 Å². The van der Waals surface area contributed by atoms with Crippen LogP contribution < -0.4 is 10.6 Å². The fourth-order valence-electron chi connectivity index (χ4n) is 3.32. The number of aromatic nitrogens is 2. The molecule has 0 atom stereocenters. The van der Waals surface area contributed by atoms with Crippen molar-refractivity contribution in [1.82, 2.24) is 10.1 Å². The molecule has 1 aromatic heterocycles. The molecule has 0 unspecified atom stereocenters. The Balaban J connectivity index is 1.37. The maximum Gasteiger partial charge on any atom is 0.257 e. The Morgan fingerprint density at radius 3 is 2.45 bits per heavy atom.